The van der Waals surface area contributed by atoms with E-state index in [-0.39, 0.29) is 5.91 Å². The van der Waals surface area contributed by atoms with Crippen LogP contribution in [-0.4, -0.2) is 18.0 Å². The number of para-hydroxylation sites is 2. The molecule has 2 aromatic carbocycles. The first-order valence-electron chi connectivity index (χ1n) is 7.86. The van der Waals surface area contributed by atoms with E-state index in [1.54, 1.807) is 7.11 Å². The summed E-state index contributed by atoms with van der Waals surface area (Å²) in [5, 5.41) is 4.70. The minimum Gasteiger partial charge on any atom is -0.495 e. The molecule has 122 valence electrons. The van der Waals surface area contributed by atoms with E-state index in [1.165, 1.54) is 0 Å². The van der Waals surface area contributed by atoms with E-state index >= 15 is 0 Å². The van der Waals surface area contributed by atoms with Crippen molar-refractivity contribution in [2.75, 3.05) is 12.4 Å². The average Bonchev–Trinajstić information content (AvgIpc) is 3.30. The molecule has 0 spiro atoms. The number of carbonyl (C=O) groups excluding carboxylic acids is 1. The quantitative estimate of drug-likeness (QED) is 0.734. The molecule has 0 bridgehead atoms. The molecule has 4 rings (SSSR count). The Morgan fingerprint density at radius 3 is 2.79 bits per heavy atom. The van der Waals surface area contributed by atoms with Crippen molar-refractivity contribution in [3.8, 4) is 5.75 Å². The highest BCUT2D eigenvalue weighted by Crippen LogP contribution is 2.51. The van der Waals surface area contributed by atoms with E-state index in [0.29, 0.717) is 16.5 Å². The summed E-state index contributed by atoms with van der Waals surface area (Å²) in [5.41, 5.74) is 2.19. The smallest absolute Gasteiger partial charge is 0.235 e. The van der Waals surface area contributed by atoms with Gasteiger partial charge >= 0.3 is 0 Å². The maximum absolute atomic E-state index is 13.0. The van der Waals surface area contributed by atoms with E-state index in [1.807, 2.05) is 48.7 Å². The summed E-state index contributed by atoms with van der Waals surface area (Å²) in [6, 6.07) is 13.1. The normalized spacial score (nSPS) is 15.2. The number of benzene rings is 2. The van der Waals surface area contributed by atoms with Gasteiger partial charge in [0.1, 0.15) is 5.75 Å². The Kier molecular flexibility index (Phi) is 3.50. The highest BCUT2D eigenvalue weighted by molar-refractivity contribution is 6.31. The lowest BCUT2D eigenvalue weighted by Gasteiger charge is -2.16. The molecule has 1 aliphatic carbocycles. The van der Waals surface area contributed by atoms with Gasteiger partial charge in [0.05, 0.1) is 18.2 Å². The largest absolute Gasteiger partial charge is 0.495 e. The maximum Gasteiger partial charge on any atom is 0.235 e. The van der Waals surface area contributed by atoms with Crippen molar-refractivity contribution < 1.29 is 9.53 Å². The number of aromatic amines is 1. The summed E-state index contributed by atoms with van der Waals surface area (Å²) in [4.78, 5) is 16.2. The molecule has 1 fully saturated rings. The van der Waals surface area contributed by atoms with Gasteiger partial charge in [-0.2, -0.15) is 0 Å². The minimum absolute atomic E-state index is 0.00660. The monoisotopic (exact) mass is 340 g/mol. The van der Waals surface area contributed by atoms with Gasteiger partial charge in [-0.3, -0.25) is 4.79 Å². The number of fused-ring (bicyclic) bond motifs is 1. The fourth-order valence-corrected chi connectivity index (χ4v) is 3.39. The molecule has 3 aromatic rings. The van der Waals surface area contributed by atoms with Gasteiger partial charge in [0, 0.05) is 22.1 Å². The molecule has 2 N–H and O–H groups in total. The van der Waals surface area contributed by atoms with Crippen molar-refractivity contribution in [3.63, 3.8) is 0 Å². The van der Waals surface area contributed by atoms with Crippen LogP contribution in [0.1, 0.15) is 18.4 Å². The van der Waals surface area contributed by atoms with E-state index in [0.717, 1.165) is 29.3 Å². The predicted octanol–water partition coefficient (Wildman–Crippen LogP) is 4.50. The summed E-state index contributed by atoms with van der Waals surface area (Å²) in [6.45, 7) is 0. The molecule has 0 unspecified atom stereocenters. The number of rotatable bonds is 4. The van der Waals surface area contributed by atoms with Gasteiger partial charge in [-0.25, -0.2) is 0 Å². The van der Waals surface area contributed by atoms with E-state index in [2.05, 4.69) is 10.3 Å². The molecule has 0 radical (unpaired) electrons. The third kappa shape index (κ3) is 2.34. The van der Waals surface area contributed by atoms with E-state index < -0.39 is 5.41 Å². The number of hydrogen-bond donors (Lipinski definition) is 2. The van der Waals surface area contributed by atoms with Crippen LogP contribution in [0, 0.1) is 0 Å². The predicted molar refractivity (Wildman–Crippen MR) is 95.8 cm³/mol. The van der Waals surface area contributed by atoms with Crippen molar-refractivity contribution in [2.24, 2.45) is 0 Å². The molecular weight excluding hydrogens is 324 g/mol. The van der Waals surface area contributed by atoms with Crippen molar-refractivity contribution in [2.45, 2.75) is 18.3 Å². The van der Waals surface area contributed by atoms with Crippen molar-refractivity contribution >= 4 is 34.1 Å². The summed E-state index contributed by atoms with van der Waals surface area (Å²) >= 11 is 6.14. The van der Waals surface area contributed by atoms with Crippen LogP contribution < -0.4 is 10.1 Å². The molecule has 5 heteroatoms. The minimum atomic E-state index is -0.496. The SMILES string of the molecule is COc1ccccc1NC(=O)C1(c2c[nH]c3ccc(Cl)cc23)CC1. The third-order valence-electron chi connectivity index (χ3n) is 4.70. The molecule has 0 atom stereocenters. The van der Waals surface area contributed by atoms with Gasteiger partial charge < -0.3 is 15.0 Å². The Hall–Kier alpha value is -2.46. The number of anilines is 1. The Labute approximate surface area is 144 Å². The number of H-pyrrole nitrogens is 1. The van der Waals surface area contributed by atoms with E-state index in [4.69, 9.17) is 16.3 Å². The van der Waals surface area contributed by atoms with Crippen LogP contribution in [0.5, 0.6) is 5.75 Å². The van der Waals surface area contributed by atoms with Gasteiger partial charge in [0.15, 0.2) is 0 Å². The van der Waals surface area contributed by atoms with Crippen LogP contribution in [0.3, 0.4) is 0 Å². The first kappa shape index (κ1) is 15.1. The van der Waals surface area contributed by atoms with Crippen molar-refractivity contribution in [1.29, 1.82) is 0 Å². The standard InChI is InChI=1S/C19H17ClN2O2/c1-24-17-5-3-2-4-16(17)22-18(23)19(8-9-19)14-11-21-15-7-6-12(20)10-13(14)15/h2-7,10-11,21H,8-9H2,1H3,(H,22,23). The van der Waals surface area contributed by atoms with Gasteiger partial charge in [0.2, 0.25) is 5.91 Å². The van der Waals surface area contributed by atoms with Crippen molar-refractivity contribution in [3.05, 3.63) is 59.2 Å². The fourth-order valence-electron chi connectivity index (χ4n) is 3.22. The Morgan fingerprint density at radius 2 is 2.04 bits per heavy atom. The van der Waals surface area contributed by atoms with Crippen LogP contribution >= 0.6 is 11.6 Å². The highest BCUT2D eigenvalue weighted by atomic mass is 35.5. The second-order valence-corrected chi connectivity index (χ2v) is 6.57. The van der Waals surface area contributed by atoms with Crippen LogP contribution in [0.4, 0.5) is 5.69 Å². The van der Waals surface area contributed by atoms with Gasteiger partial charge in [0.25, 0.3) is 0 Å². The lowest BCUT2D eigenvalue weighted by molar-refractivity contribution is -0.118. The first-order chi connectivity index (χ1) is 11.6. The van der Waals surface area contributed by atoms with Gasteiger partial charge in [-0.15, -0.1) is 0 Å². The molecule has 24 heavy (non-hydrogen) atoms. The van der Waals surface area contributed by atoms with Crippen LogP contribution in [0.25, 0.3) is 10.9 Å². The second kappa shape index (κ2) is 5.56. The summed E-state index contributed by atoms with van der Waals surface area (Å²) < 4.78 is 5.32. The van der Waals surface area contributed by atoms with E-state index in [9.17, 15) is 4.79 Å². The number of methoxy groups -OCH3 is 1. The summed E-state index contributed by atoms with van der Waals surface area (Å²) in [5.74, 6) is 0.650. The lowest BCUT2D eigenvalue weighted by atomic mass is 9.94. The van der Waals surface area contributed by atoms with Crippen molar-refractivity contribution in [1.82, 2.24) is 4.98 Å². The second-order valence-electron chi connectivity index (χ2n) is 6.13. The highest BCUT2D eigenvalue weighted by Gasteiger charge is 2.52. The molecule has 1 amide bonds. The molecule has 4 nitrogen and oxygen atoms in total. The zero-order valence-electron chi connectivity index (χ0n) is 13.2. The summed E-state index contributed by atoms with van der Waals surface area (Å²) in [7, 11) is 1.60. The molecule has 1 heterocycles. The zero-order chi connectivity index (χ0) is 16.7. The fraction of sp³-hybridized carbons (Fsp3) is 0.211. The molecule has 0 aliphatic heterocycles. The van der Waals surface area contributed by atoms with Crippen LogP contribution in [-0.2, 0) is 10.2 Å². The van der Waals surface area contributed by atoms with Gasteiger partial charge in [-0.1, -0.05) is 23.7 Å². The first-order valence-corrected chi connectivity index (χ1v) is 8.23. The topological polar surface area (TPSA) is 54.1 Å². The zero-order valence-corrected chi connectivity index (χ0v) is 14.0. The maximum atomic E-state index is 13.0. The van der Waals surface area contributed by atoms with Crippen LogP contribution in [0.15, 0.2) is 48.7 Å². The molecule has 1 saturated carbocycles. The molecular formula is C19H17ClN2O2. The third-order valence-corrected chi connectivity index (χ3v) is 4.93. The number of carbonyl (C=O) groups is 1. The Bertz CT molecular complexity index is 928. The van der Waals surface area contributed by atoms with Gasteiger partial charge in [-0.05, 0) is 48.7 Å². The number of halogens is 1. The lowest BCUT2D eigenvalue weighted by Crippen LogP contribution is -2.27. The van der Waals surface area contributed by atoms with Crippen LogP contribution in [0.2, 0.25) is 5.02 Å². The molecule has 1 aromatic heterocycles. The summed E-state index contributed by atoms with van der Waals surface area (Å²) in [6.07, 6.45) is 3.58. The molecule has 1 aliphatic rings. The number of nitrogens with one attached hydrogen (secondary N) is 2. The Balaban J connectivity index is 1.69. The number of ether oxygens (including phenoxy) is 1. The molecule has 0 saturated heterocycles. The number of aromatic nitrogens is 1. The number of hydrogen-bond acceptors (Lipinski definition) is 2. The average molecular weight is 341 g/mol. The Morgan fingerprint density at radius 1 is 1.25 bits per heavy atom. The number of amides is 1.